The fraction of sp³-hybridized carbons (Fsp3) is 0.250. The summed E-state index contributed by atoms with van der Waals surface area (Å²) in [6, 6.07) is 3.01. The lowest BCUT2D eigenvalue weighted by atomic mass is 9.81. The van der Waals surface area contributed by atoms with Gasteiger partial charge in [-0.25, -0.2) is 4.39 Å². The van der Waals surface area contributed by atoms with Crippen molar-refractivity contribution in [3.63, 3.8) is 0 Å². The molecule has 1 rings (SSSR count). The summed E-state index contributed by atoms with van der Waals surface area (Å²) >= 11 is 0. The van der Waals surface area contributed by atoms with Gasteiger partial charge in [0.15, 0.2) is 0 Å². The second-order valence-electron chi connectivity index (χ2n) is 2.87. The van der Waals surface area contributed by atoms with Crippen molar-refractivity contribution < 1.29 is 22.1 Å². The molecular formula is C8H8BF4O-. The molecule has 1 aromatic carbocycles. The van der Waals surface area contributed by atoms with Gasteiger partial charge >= 0.3 is 6.98 Å². The third-order valence-corrected chi connectivity index (χ3v) is 1.70. The van der Waals surface area contributed by atoms with E-state index in [0.29, 0.717) is 0 Å². The van der Waals surface area contributed by atoms with E-state index in [9.17, 15) is 17.3 Å². The van der Waals surface area contributed by atoms with Crippen LogP contribution in [0.5, 0.6) is 5.75 Å². The Morgan fingerprint density at radius 1 is 1.29 bits per heavy atom. The maximum atomic E-state index is 12.6. The summed E-state index contributed by atoms with van der Waals surface area (Å²) < 4.78 is 53.5. The normalized spacial score (nSPS) is 11.5. The fourth-order valence-corrected chi connectivity index (χ4v) is 1.14. The summed E-state index contributed by atoms with van der Waals surface area (Å²) in [4.78, 5) is 0. The summed E-state index contributed by atoms with van der Waals surface area (Å²) in [5.41, 5.74) is -0.0404. The summed E-state index contributed by atoms with van der Waals surface area (Å²) in [7, 11) is 1.21. The number of benzene rings is 1. The second kappa shape index (κ2) is 3.90. The highest BCUT2D eigenvalue weighted by molar-refractivity contribution is 6.57. The maximum Gasteiger partial charge on any atom is 0.482 e. The number of halogens is 4. The predicted octanol–water partition coefficient (Wildman–Crippen LogP) is 2.76. The van der Waals surface area contributed by atoms with E-state index in [4.69, 9.17) is 0 Å². The molecule has 0 radical (unpaired) electrons. The van der Waals surface area contributed by atoms with Crippen LogP contribution in [0.3, 0.4) is 0 Å². The van der Waals surface area contributed by atoms with Crippen molar-refractivity contribution in [2.75, 3.05) is 7.11 Å². The highest BCUT2D eigenvalue weighted by atomic mass is 19.4. The van der Waals surface area contributed by atoms with Crippen LogP contribution in [0.2, 0.25) is 0 Å². The molecule has 0 aromatic heterocycles. The maximum absolute atomic E-state index is 12.6. The summed E-state index contributed by atoms with van der Waals surface area (Å²) in [5, 5.41) is 0. The topological polar surface area (TPSA) is 9.23 Å². The van der Waals surface area contributed by atoms with Crippen molar-refractivity contribution in [2.24, 2.45) is 0 Å². The molecule has 0 fully saturated rings. The van der Waals surface area contributed by atoms with Gasteiger partial charge in [0.05, 0.1) is 7.11 Å². The van der Waals surface area contributed by atoms with Gasteiger partial charge in [-0.2, -0.15) is 0 Å². The number of ether oxygens (including phenoxy) is 1. The van der Waals surface area contributed by atoms with Crippen LogP contribution in [0.15, 0.2) is 18.2 Å². The van der Waals surface area contributed by atoms with Gasteiger partial charge in [-0.05, 0) is 11.6 Å². The Bertz CT molecular complexity index is 324. The average Bonchev–Trinajstić information content (AvgIpc) is 2.06. The summed E-state index contributed by atoms with van der Waals surface area (Å²) in [6.45, 7) is -4.92. The summed E-state index contributed by atoms with van der Waals surface area (Å²) in [5.74, 6) is -0.676. The molecule has 0 saturated heterocycles. The van der Waals surface area contributed by atoms with Crippen LogP contribution in [-0.2, 0) is 6.32 Å². The first-order chi connectivity index (χ1) is 6.42. The van der Waals surface area contributed by atoms with Crippen molar-refractivity contribution in [1.82, 2.24) is 0 Å². The predicted molar refractivity (Wildman–Crippen MR) is 45.7 cm³/mol. The largest absolute Gasteiger partial charge is 0.496 e. The molecule has 0 unspecified atom stereocenters. The zero-order valence-electron chi connectivity index (χ0n) is 7.44. The fourth-order valence-electron chi connectivity index (χ4n) is 1.14. The molecule has 0 N–H and O–H groups in total. The van der Waals surface area contributed by atoms with Crippen molar-refractivity contribution >= 4 is 6.98 Å². The molecule has 0 aliphatic heterocycles. The molecule has 14 heavy (non-hydrogen) atoms. The van der Waals surface area contributed by atoms with Crippen LogP contribution < -0.4 is 4.74 Å². The molecule has 0 amide bonds. The SMILES string of the molecule is COc1cc(F)ccc1C[B-](F)(F)F. The van der Waals surface area contributed by atoms with Gasteiger partial charge in [0, 0.05) is 6.07 Å². The molecule has 78 valence electrons. The second-order valence-corrected chi connectivity index (χ2v) is 2.87. The number of rotatable bonds is 3. The highest BCUT2D eigenvalue weighted by Gasteiger charge is 2.24. The molecule has 0 aliphatic carbocycles. The van der Waals surface area contributed by atoms with Crippen LogP contribution in [-0.4, -0.2) is 14.1 Å². The third kappa shape index (κ3) is 2.94. The van der Waals surface area contributed by atoms with Gasteiger partial charge < -0.3 is 17.7 Å². The lowest BCUT2D eigenvalue weighted by molar-refractivity contribution is 0.403. The molecule has 0 spiro atoms. The number of hydrogen-bond donors (Lipinski definition) is 0. The molecule has 0 atom stereocenters. The van der Waals surface area contributed by atoms with E-state index in [1.807, 2.05) is 0 Å². The zero-order valence-corrected chi connectivity index (χ0v) is 7.44. The quantitative estimate of drug-likeness (QED) is 0.546. The molecule has 1 aromatic rings. The van der Waals surface area contributed by atoms with Gasteiger partial charge in [0.2, 0.25) is 0 Å². The first-order valence-electron chi connectivity index (χ1n) is 3.96. The standard InChI is InChI=1S/C8H8BF4O/c1-14-8-4-7(10)3-2-6(8)5-9(11,12)13/h2-4H,5H2,1H3/q-1. The molecule has 0 bridgehead atoms. The van der Waals surface area contributed by atoms with E-state index in [1.165, 1.54) is 7.11 Å². The van der Waals surface area contributed by atoms with Crippen LogP contribution in [0.1, 0.15) is 5.56 Å². The number of hydrogen-bond acceptors (Lipinski definition) is 1. The van der Waals surface area contributed by atoms with E-state index in [-0.39, 0.29) is 11.3 Å². The van der Waals surface area contributed by atoms with Crippen LogP contribution in [0.4, 0.5) is 17.3 Å². The minimum Gasteiger partial charge on any atom is -0.496 e. The van der Waals surface area contributed by atoms with E-state index in [0.717, 1.165) is 18.2 Å². The van der Waals surface area contributed by atoms with Gasteiger partial charge in [0.25, 0.3) is 0 Å². The first-order valence-corrected chi connectivity index (χ1v) is 3.96. The molecule has 0 heterocycles. The Kier molecular flexibility index (Phi) is 3.03. The van der Waals surface area contributed by atoms with Gasteiger partial charge in [0.1, 0.15) is 11.6 Å². The van der Waals surface area contributed by atoms with E-state index in [2.05, 4.69) is 4.74 Å². The Balaban J connectivity index is 2.97. The molecule has 6 heteroatoms. The van der Waals surface area contributed by atoms with Crippen molar-refractivity contribution in [3.8, 4) is 5.75 Å². The lowest BCUT2D eigenvalue weighted by Crippen LogP contribution is -2.19. The molecular weight excluding hydrogens is 199 g/mol. The third-order valence-electron chi connectivity index (χ3n) is 1.70. The molecule has 1 nitrogen and oxygen atoms in total. The van der Waals surface area contributed by atoms with Gasteiger partial charge in [-0.1, -0.05) is 12.4 Å². The smallest absolute Gasteiger partial charge is 0.482 e. The Morgan fingerprint density at radius 2 is 1.93 bits per heavy atom. The Labute approximate surface area is 78.7 Å². The van der Waals surface area contributed by atoms with E-state index < -0.39 is 19.1 Å². The summed E-state index contributed by atoms with van der Waals surface area (Å²) in [6.07, 6.45) is -1.05. The minimum atomic E-state index is -4.92. The van der Waals surface area contributed by atoms with Crippen LogP contribution in [0, 0.1) is 5.82 Å². The number of methoxy groups -OCH3 is 1. The first kappa shape index (κ1) is 10.9. The van der Waals surface area contributed by atoms with E-state index >= 15 is 0 Å². The monoisotopic (exact) mass is 207 g/mol. The van der Waals surface area contributed by atoms with E-state index in [1.54, 1.807) is 0 Å². The highest BCUT2D eigenvalue weighted by Crippen LogP contribution is 2.25. The van der Waals surface area contributed by atoms with Gasteiger partial charge in [-0.15, -0.1) is 0 Å². The Morgan fingerprint density at radius 3 is 2.43 bits per heavy atom. The minimum absolute atomic E-state index is 0.0404. The van der Waals surface area contributed by atoms with Crippen LogP contribution >= 0.6 is 0 Å². The van der Waals surface area contributed by atoms with Crippen molar-refractivity contribution in [1.29, 1.82) is 0 Å². The van der Waals surface area contributed by atoms with Gasteiger partial charge in [-0.3, -0.25) is 0 Å². The lowest BCUT2D eigenvalue weighted by Gasteiger charge is -2.15. The zero-order chi connectivity index (χ0) is 10.8. The average molecular weight is 207 g/mol. The Hall–Kier alpha value is -1.20. The van der Waals surface area contributed by atoms with Crippen molar-refractivity contribution in [3.05, 3.63) is 29.6 Å². The molecule has 0 aliphatic rings. The van der Waals surface area contributed by atoms with Crippen molar-refractivity contribution in [2.45, 2.75) is 6.32 Å². The molecule has 0 saturated carbocycles. The van der Waals surface area contributed by atoms with Crippen LogP contribution in [0.25, 0.3) is 0 Å².